The third kappa shape index (κ3) is 5.36. The molecule has 0 aliphatic carbocycles. The molecule has 0 spiro atoms. The topological polar surface area (TPSA) is 71.4 Å². The van der Waals surface area contributed by atoms with Crippen LogP contribution in [0.5, 0.6) is 0 Å². The number of hydrogen-bond donors (Lipinski definition) is 3. The lowest BCUT2D eigenvalue weighted by Gasteiger charge is -2.33. The van der Waals surface area contributed by atoms with E-state index in [1.165, 1.54) is 0 Å². The Balaban J connectivity index is 1.89. The van der Waals surface area contributed by atoms with Gasteiger partial charge < -0.3 is 30.1 Å². The van der Waals surface area contributed by atoms with Crippen molar-refractivity contribution in [1.82, 2.24) is 20.0 Å². The number of aliphatic hydroxyl groups excluding tert-OH is 2. The summed E-state index contributed by atoms with van der Waals surface area (Å²) in [5.41, 5.74) is 0. The highest BCUT2D eigenvalue weighted by atomic mass is 16.5. The number of likely N-dealkylation sites (tertiary alicyclic amines) is 1. The molecule has 0 aromatic heterocycles. The third-order valence-electron chi connectivity index (χ3n) is 5.38. The Hall–Kier alpha value is -0.280. The zero-order chi connectivity index (χ0) is 17.7. The van der Waals surface area contributed by atoms with E-state index in [4.69, 9.17) is 4.74 Å². The summed E-state index contributed by atoms with van der Waals surface area (Å²) in [6, 6.07) is 0.434. The maximum atomic E-state index is 10.6. The maximum absolute atomic E-state index is 10.6. The lowest BCUT2D eigenvalue weighted by molar-refractivity contribution is -0.0221. The van der Waals surface area contributed by atoms with Gasteiger partial charge in [0.05, 0.1) is 18.8 Å². The second-order valence-electron chi connectivity index (χ2n) is 7.65. The molecule has 0 amide bonds. The molecular weight excluding hydrogens is 308 g/mol. The fourth-order valence-electron chi connectivity index (χ4n) is 3.69. The Labute approximate surface area is 146 Å². The standard InChI is InChI=1S/C17H36N4O3/c1-19(2)9-10-21(4)16-14(24-15(12-22)17(16)23)11-18-13-5-7-20(3)8-6-13/h13-18,22-23H,5-12H2,1-4H3/t14-,15+,16+,17-/m1/s1. The summed E-state index contributed by atoms with van der Waals surface area (Å²) in [6.07, 6.45) is 1.07. The summed E-state index contributed by atoms with van der Waals surface area (Å²) in [5, 5.41) is 23.6. The maximum Gasteiger partial charge on any atom is 0.109 e. The number of ether oxygens (including phenoxy) is 1. The molecule has 0 aromatic carbocycles. The van der Waals surface area contributed by atoms with E-state index in [0.29, 0.717) is 6.04 Å². The number of nitrogens with one attached hydrogen (secondary N) is 1. The number of nitrogens with zero attached hydrogens (tertiary/aromatic N) is 3. The molecular formula is C17H36N4O3. The Bertz CT molecular complexity index is 364. The summed E-state index contributed by atoms with van der Waals surface area (Å²) in [6.45, 7) is 4.62. The van der Waals surface area contributed by atoms with Crippen molar-refractivity contribution in [3.8, 4) is 0 Å². The van der Waals surface area contributed by atoms with E-state index in [0.717, 1.165) is 45.6 Å². The molecule has 2 saturated heterocycles. The average Bonchev–Trinajstić information content (AvgIpc) is 2.88. The Kier molecular flexibility index (Phi) is 7.87. The first-order chi connectivity index (χ1) is 11.4. The first-order valence-electron chi connectivity index (χ1n) is 9.13. The van der Waals surface area contributed by atoms with Gasteiger partial charge in [-0.1, -0.05) is 0 Å². The highest BCUT2D eigenvalue weighted by Gasteiger charge is 2.45. The minimum atomic E-state index is -0.647. The monoisotopic (exact) mass is 344 g/mol. The van der Waals surface area contributed by atoms with Gasteiger partial charge in [-0.15, -0.1) is 0 Å². The molecule has 7 nitrogen and oxygen atoms in total. The van der Waals surface area contributed by atoms with Gasteiger partial charge >= 0.3 is 0 Å². The molecule has 2 fully saturated rings. The van der Waals surface area contributed by atoms with Crippen molar-refractivity contribution in [2.24, 2.45) is 0 Å². The van der Waals surface area contributed by atoms with Crippen LogP contribution in [-0.4, -0.2) is 123 Å². The number of rotatable bonds is 8. The predicted octanol–water partition coefficient (Wildman–Crippen LogP) is -1.35. The van der Waals surface area contributed by atoms with Crippen molar-refractivity contribution in [2.75, 3.05) is 67.5 Å². The van der Waals surface area contributed by atoms with Crippen molar-refractivity contribution in [3.05, 3.63) is 0 Å². The molecule has 2 heterocycles. The molecule has 0 saturated carbocycles. The summed E-state index contributed by atoms with van der Waals surface area (Å²) in [7, 11) is 8.29. The van der Waals surface area contributed by atoms with E-state index in [2.05, 4.69) is 27.1 Å². The molecule has 7 heteroatoms. The van der Waals surface area contributed by atoms with Crippen LogP contribution in [0.3, 0.4) is 0 Å². The minimum absolute atomic E-state index is 0.0825. The second kappa shape index (κ2) is 9.43. The summed E-state index contributed by atoms with van der Waals surface area (Å²) in [4.78, 5) is 6.66. The summed E-state index contributed by atoms with van der Waals surface area (Å²) >= 11 is 0. The van der Waals surface area contributed by atoms with Gasteiger partial charge in [0.25, 0.3) is 0 Å². The lowest BCUT2D eigenvalue weighted by atomic mass is 10.0. The Morgan fingerprint density at radius 2 is 1.79 bits per heavy atom. The van der Waals surface area contributed by atoms with E-state index in [1.807, 2.05) is 21.1 Å². The zero-order valence-electron chi connectivity index (χ0n) is 15.7. The smallest absolute Gasteiger partial charge is 0.109 e. The van der Waals surface area contributed by atoms with Crippen LogP contribution in [0.15, 0.2) is 0 Å². The molecule has 2 aliphatic heterocycles. The molecule has 0 aromatic rings. The number of likely N-dealkylation sites (N-methyl/N-ethyl adjacent to an activating group) is 2. The molecule has 2 rings (SSSR count). The van der Waals surface area contributed by atoms with E-state index < -0.39 is 12.2 Å². The van der Waals surface area contributed by atoms with Gasteiger partial charge in [-0.25, -0.2) is 0 Å². The van der Waals surface area contributed by atoms with Crippen molar-refractivity contribution in [2.45, 2.75) is 43.2 Å². The SMILES string of the molecule is CN(C)CCN(C)[C@@H]1[C@H](O)[C@H](CO)O[C@@H]1CNC1CCN(C)CC1. The normalized spacial score (nSPS) is 33.0. The number of piperidine rings is 1. The van der Waals surface area contributed by atoms with Crippen molar-refractivity contribution in [1.29, 1.82) is 0 Å². The van der Waals surface area contributed by atoms with E-state index in [-0.39, 0.29) is 18.8 Å². The Morgan fingerprint density at radius 3 is 2.38 bits per heavy atom. The van der Waals surface area contributed by atoms with Crippen molar-refractivity contribution >= 4 is 0 Å². The highest BCUT2D eigenvalue weighted by Crippen LogP contribution is 2.25. The molecule has 0 unspecified atom stereocenters. The number of hydrogen-bond acceptors (Lipinski definition) is 7. The van der Waals surface area contributed by atoms with Gasteiger partial charge in [-0.2, -0.15) is 0 Å². The van der Waals surface area contributed by atoms with Crippen LogP contribution < -0.4 is 5.32 Å². The van der Waals surface area contributed by atoms with E-state index in [9.17, 15) is 10.2 Å². The van der Waals surface area contributed by atoms with Crippen LogP contribution in [0.1, 0.15) is 12.8 Å². The fourth-order valence-corrected chi connectivity index (χ4v) is 3.69. The summed E-state index contributed by atoms with van der Waals surface area (Å²) in [5.74, 6) is 0. The van der Waals surface area contributed by atoms with Crippen molar-refractivity contribution in [3.63, 3.8) is 0 Å². The molecule has 0 bridgehead atoms. The predicted molar refractivity (Wildman–Crippen MR) is 95.2 cm³/mol. The van der Waals surface area contributed by atoms with Gasteiger partial charge in [0.15, 0.2) is 0 Å². The lowest BCUT2D eigenvalue weighted by Crippen LogP contribution is -2.52. The van der Waals surface area contributed by atoms with Gasteiger partial charge in [-0.05, 0) is 54.1 Å². The van der Waals surface area contributed by atoms with E-state index in [1.54, 1.807) is 0 Å². The highest BCUT2D eigenvalue weighted by molar-refractivity contribution is 4.97. The quantitative estimate of drug-likeness (QED) is 0.503. The van der Waals surface area contributed by atoms with Crippen LogP contribution in [-0.2, 0) is 4.74 Å². The van der Waals surface area contributed by atoms with Gasteiger partial charge in [0.1, 0.15) is 12.2 Å². The third-order valence-corrected chi connectivity index (χ3v) is 5.38. The largest absolute Gasteiger partial charge is 0.394 e. The molecule has 24 heavy (non-hydrogen) atoms. The van der Waals surface area contributed by atoms with Gasteiger partial charge in [0, 0.05) is 25.7 Å². The van der Waals surface area contributed by atoms with Crippen LogP contribution in [0, 0.1) is 0 Å². The van der Waals surface area contributed by atoms with Gasteiger partial charge in [0.2, 0.25) is 0 Å². The van der Waals surface area contributed by atoms with Gasteiger partial charge in [-0.3, -0.25) is 4.90 Å². The molecule has 2 aliphatic rings. The minimum Gasteiger partial charge on any atom is -0.394 e. The molecule has 142 valence electrons. The fraction of sp³-hybridized carbons (Fsp3) is 1.00. The zero-order valence-corrected chi connectivity index (χ0v) is 15.7. The molecule has 0 radical (unpaired) electrons. The van der Waals surface area contributed by atoms with Crippen LogP contribution in [0.4, 0.5) is 0 Å². The first kappa shape index (κ1) is 20.0. The second-order valence-corrected chi connectivity index (χ2v) is 7.65. The van der Waals surface area contributed by atoms with Crippen molar-refractivity contribution < 1.29 is 14.9 Å². The van der Waals surface area contributed by atoms with Crippen LogP contribution in [0.25, 0.3) is 0 Å². The molecule has 4 atom stereocenters. The molecule has 3 N–H and O–H groups in total. The first-order valence-corrected chi connectivity index (χ1v) is 9.13. The van der Waals surface area contributed by atoms with Crippen LogP contribution in [0.2, 0.25) is 0 Å². The number of aliphatic hydroxyl groups is 2. The summed E-state index contributed by atoms with van der Waals surface area (Å²) < 4.78 is 5.95. The van der Waals surface area contributed by atoms with Crippen LogP contribution >= 0.6 is 0 Å². The average molecular weight is 345 g/mol. The Morgan fingerprint density at radius 1 is 1.12 bits per heavy atom. The van der Waals surface area contributed by atoms with E-state index >= 15 is 0 Å².